The van der Waals surface area contributed by atoms with Crippen LogP contribution < -0.4 is 5.32 Å². The van der Waals surface area contributed by atoms with Gasteiger partial charge in [-0.2, -0.15) is 0 Å². The molecule has 1 aromatic rings. The summed E-state index contributed by atoms with van der Waals surface area (Å²) in [5.41, 5.74) is -0.0150. The van der Waals surface area contributed by atoms with Gasteiger partial charge in [0.2, 0.25) is 5.91 Å². The highest BCUT2D eigenvalue weighted by Crippen LogP contribution is 2.37. The van der Waals surface area contributed by atoms with Crippen molar-refractivity contribution >= 4 is 5.91 Å². The maximum absolute atomic E-state index is 12.1. The Labute approximate surface area is 115 Å². The molecule has 1 saturated carbocycles. The Morgan fingerprint density at radius 2 is 1.95 bits per heavy atom. The lowest BCUT2D eigenvalue weighted by atomic mass is 9.78. The van der Waals surface area contributed by atoms with E-state index in [0.717, 1.165) is 12.8 Å². The third-order valence-corrected chi connectivity index (χ3v) is 4.05. The minimum Gasteiger partial charge on any atom is -0.383 e. The quantitative estimate of drug-likeness (QED) is 0.801. The number of hydrogen-bond acceptors (Lipinski definition) is 2. The van der Waals surface area contributed by atoms with E-state index in [2.05, 4.69) is 22.3 Å². The van der Waals surface area contributed by atoms with Gasteiger partial charge in [-0.25, -0.2) is 0 Å². The summed E-state index contributed by atoms with van der Waals surface area (Å²) in [6, 6.07) is 4.08. The van der Waals surface area contributed by atoms with Gasteiger partial charge in [0.05, 0.1) is 18.6 Å². The first-order valence-corrected chi connectivity index (χ1v) is 7.16. The van der Waals surface area contributed by atoms with Crippen LogP contribution in [0.25, 0.3) is 0 Å². The second-order valence-electron chi connectivity index (χ2n) is 5.39. The van der Waals surface area contributed by atoms with Gasteiger partial charge in [-0.1, -0.05) is 19.3 Å². The number of hydrogen-bond donors (Lipinski definition) is 1. The van der Waals surface area contributed by atoms with Gasteiger partial charge < -0.3 is 14.6 Å². The molecule has 1 aliphatic carbocycles. The molecule has 1 N–H and O–H groups in total. The Morgan fingerprint density at radius 1 is 1.26 bits per heavy atom. The Morgan fingerprint density at radius 3 is 2.58 bits per heavy atom. The zero-order valence-corrected chi connectivity index (χ0v) is 11.7. The highest BCUT2D eigenvalue weighted by atomic mass is 16.5. The molecule has 0 aromatic carbocycles. The second kappa shape index (κ2) is 6.75. The van der Waals surface area contributed by atoms with Crippen LogP contribution in [0.3, 0.4) is 0 Å². The number of rotatable bonds is 6. The zero-order valence-electron chi connectivity index (χ0n) is 11.7. The molecule has 0 atom stereocenters. The van der Waals surface area contributed by atoms with E-state index in [-0.39, 0.29) is 11.4 Å². The van der Waals surface area contributed by atoms with E-state index < -0.39 is 0 Å². The molecule has 1 aromatic heterocycles. The summed E-state index contributed by atoms with van der Waals surface area (Å²) in [5, 5.41) is 2.94. The number of nitrogens with zero attached hydrogens (tertiary/aromatic N) is 1. The van der Waals surface area contributed by atoms with Gasteiger partial charge >= 0.3 is 0 Å². The van der Waals surface area contributed by atoms with Crippen molar-refractivity contribution in [2.24, 2.45) is 0 Å². The van der Waals surface area contributed by atoms with Crippen molar-refractivity contribution in [2.75, 3.05) is 20.3 Å². The molecule has 2 rings (SSSR count). The number of amides is 1. The topological polar surface area (TPSA) is 43.3 Å². The minimum atomic E-state index is -0.0150. The van der Waals surface area contributed by atoms with Crippen LogP contribution in [0, 0.1) is 0 Å². The molecule has 4 heteroatoms. The van der Waals surface area contributed by atoms with E-state index in [1.165, 1.54) is 19.3 Å². The highest BCUT2D eigenvalue weighted by molar-refractivity contribution is 5.77. The van der Waals surface area contributed by atoms with E-state index in [0.29, 0.717) is 19.6 Å². The fourth-order valence-corrected chi connectivity index (χ4v) is 3.04. The van der Waals surface area contributed by atoms with E-state index >= 15 is 0 Å². The van der Waals surface area contributed by atoms with Gasteiger partial charge in [0.15, 0.2) is 0 Å². The summed E-state index contributed by atoms with van der Waals surface area (Å²) < 4.78 is 7.20. The molecular formula is C15H24N2O2. The molecule has 19 heavy (non-hydrogen) atoms. The maximum Gasteiger partial charge on any atom is 0.222 e. The summed E-state index contributed by atoms with van der Waals surface area (Å²) in [5.74, 6) is 0.132. The maximum atomic E-state index is 12.1. The predicted octanol–water partition coefficient (Wildman–Crippen LogP) is 2.30. The number of aromatic nitrogens is 1. The summed E-state index contributed by atoms with van der Waals surface area (Å²) in [6.07, 6.45) is 10.7. The number of ether oxygens (including phenoxy) is 1. The SMILES string of the molecule is COCCNC(=O)CC1(n2cccc2)CCCCC1. The standard InChI is InChI=1S/C15H24N2O2/c1-19-12-9-16-14(18)13-15(7-3-2-4-8-15)17-10-5-6-11-17/h5-6,10-11H,2-4,7-9,12-13H2,1H3,(H,16,18). The van der Waals surface area contributed by atoms with Crippen LogP contribution in [-0.2, 0) is 15.1 Å². The Bertz CT molecular complexity index is 381. The second-order valence-corrected chi connectivity index (χ2v) is 5.39. The van der Waals surface area contributed by atoms with Gasteiger partial charge in [-0.05, 0) is 25.0 Å². The monoisotopic (exact) mass is 264 g/mol. The smallest absolute Gasteiger partial charge is 0.222 e. The van der Waals surface area contributed by atoms with Gasteiger partial charge in [0, 0.05) is 26.0 Å². The lowest BCUT2D eigenvalue weighted by Gasteiger charge is -2.38. The van der Waals surface area contributed by atoms with E-state index in [4.69, 9.17) is 4.74 Å². The fourth-order valence-electron chi connectivity index (χ4n) is 3.04. The van der Waals surface area contributed by atoms with Gasteiger partial charge in [0.1, 0.15) is 0 Å². The summed E-state index contributed by atoms with van der Waals surface area (Å²) >= 11 is 0. The third kappa shape index (κ3) is 3.60. The average molecular weight is 264 g/mol. The zero-order chi connectivity index (χ0) is 13.6. The van der Waals surface area contributed by atoms with Crippen molar-refractivity contribution in [2.45, 2.75) is 44.1 Å². The molecule has 0 saturated heterocycles. The Kier molecular flexibility index (Phi) is 5.02. The van der Waals surface area contributed by atoms with Crippen LogP contribution >= 0.6 is 0 Å². The van der Waals surface area contributed by atoms with Crippen molar-refractivity contribution < 1.29 is 9.53 Å². The van der Waals surface area contributed by atoms with Gasteiger partial charge in [0.25, 0.3) is 0 Å². The molecule has 1 heterocycles. The third-order valence-electron chi connectivity index (χ3n) is 4.05. The molecule has 1 amide bonds. The number of nitrogens with one attached hydrogen (secondary N) is 1. The summed E-state index contributed by atoms with van der Waals surface area (Å²) in [4.78, 5) is 12.1. The fraction of sp³-hybridized carbons (Fsp3) is 0.667. The number of carbonyl (C=O) groups excluding carboxylic acids is 1. The average Bonchev–Trinajstić information content (AvgIpc) is 2.94. The van der Waals surface area contributed by atoms with Crippen molar-refractivity contribution in [3.05, 3.63) is 24.5 Å². The molecule has 0 unspecified atom stereocenters. The van der Waals surface area contributed by atoms with Crippen LogP contribution in [0.5, 0.6) is 0 Å². The van der Waals surface area contributed by atoms with E-state index in [1.54, 1.807) is 7.11 Å². The molecule has 1 aliphatic rings. The Balaban J connectivity index is 2.00. The molecule has 0 radical (unpaired) electrons. The summed E-state index contributed by atoms with van der Waals surface area (Å²) in [7, 11) is 1.65. The lowest BCUT2D eigenvalue weighted by molar-refractivity contribution is -0.123. The molecule has 1 fully saturated rings. The highest BCUT2D eigenvalue weighted by Gasteiger charge is 2.35. The summed E-state index contributed by atoms with van der Waals surface area (Å²) in [6.45, 7) is 1.17. The van der Waals surface area contributed by atoms with Crippen LogP contribution in [0.1, 0.15) is 38.5 Å². The van der Waals surface area contributed by atoms with E-state index in [9.17, 15) is 4.79 Å². The van der Waals surface area contributed by atoms with Crippen molar-refractivity contribution in [1.82, 2.24) is 9.88 Å². The predicted molar refractivity (Wildman–Crippen MR) is 75.0 cm³/mol. The van der Waals surface area contributed by atoms with Gasteiger partial charge in [-0.15, -0.1) is 0 Å². The van der Waals surface area contributed by atoms with Crippen molar-refractivity contribution in [3.63, 3.8) is 0 Å². The van der Waals surface area contributed by atoms with E-state index in [1.807, 2.05) is 12.1 Å². The normalized spacial score (nSPS) is 18.2. The molecular weight excluding hydrogens is 240 g/mol. The van der Waals surface area contributed by atoms with Gasteiger partial charge in [-0.3, -0.25) is 4.79 Å². The first kappa shape index (κ1) is 14.1. The van der Waals surface area contributed by atoms with Crippen molar-refractivity contribution in [1.29, 1.82) is 0 Å². The molecule has 0 aliphatic heterocycles. The lowest BCUT2D eigenvalue weighted by Crippen LogP contribution is -2.41. The largest absolute Gasteiger partial charge is 0.383 e. The van der Waals surface area contributed by atoms with Crippen molar-refractivity contribution in [3.8, 4) is 0 Å². The number of carbonyl (C=O) groups is 1. The first-order chi connectivity index (χ1) is 9.27. The molecule has 106 valence electrons. The molecule has 0 spiro atoms. The molecule has 0 bridgehead atoms. The Hall–Kier alpha value is -1.29. The molecule has 4 nitrogen and oxygen atoms in total. The van der Waals surface area contributed by atoms with Crippen LogP contribution in [0.4, 0.5) is 0 Å². The number of methoxy groups -OCH3 is 1. The van der Waals surface area contributed by atoms with Crippen LogP contribution in [0.15, 0.2) is 24.5 Å². The first-order valence-electron chi connectivity index (χ1n) is 7.16. The minimum absolute atomic E-state index is 0.0150. The van der Waals surface area contributed by atoms with Crippen LogP contribution in [-0.4, -0.2) is 30.7 Å². The van der Waals surface area contributed by atoms with Crippen LogP contribution in [0.2, 0.25) is 0 Å².